The highest BCUT2D eigenvalue weighted by Gasteiger charge is 2.42. The van der Waals surface area contributed by atoms with Gasteiger partial charge >= 0.3 is 0 Å². The van der Waals surface area contributed by atoms with Gasteiger partial charge in [-0.3, -0.25) is 4.79 Å². The van der Waals surface area contributed by atoms with E-state index in [0.29, 0.717) is 17.4 Å². The first-order valence-corrected chi connectivity index (χ1v) is 6.75. The topological polar surface area (TPSA) is 47.8 Å². The van der Waals surface area contributed by atoms with Crippen LogP contribution in [0.1, 0.15) is 12.8 Å². The molecular weight excluding hydrogens is 282 g/mol. The van der Waals surface area contributed by atoms with E-state index >= 15 is 0 Å². The molecule has 3 rings (SSSR count). The molecule has 1 heterocycles. The number of halogens is 1. The number of hydrogen-bond acceptors (Lipinski definition) is 3. The van der Waals surface area contributed by atoms with E-state index in [1.165, 1.54) is 4.68 Å². The lowest BCUT2D eigenvalue weighted by molar-refractivity contribution is 0.414. The Hall–Kier alpha value is -1.23. The van der Waals surface area contributed by atoms with Crippen molar-refractivity contribution in [2.75, 3.05) is 5.33 Å². The predicted molar refractivity (Wildman–Crippen MR) is 69.3 cm³/mol. The summed E-state index contributed by atoms with van der Waals surface area (Å²) in [6.07, 6.45) is 2.30. The van der Waals surface area contributed by atoms with Crippen LogP contribution in [0.5, 0.6) is 0 Å². The van der Waals surface area contributed by atoms with E-state index in [9.17, 15) is 4.79 Å². The fourth-order valence-corrected chi connectivity index (χ4v) is 2.69. The molecule has 17 heavy (non-hydrogen) atoms. The lowest BCUT2D eigenvalue weighted by atomic mass is 10.1. The van der Waals surface area contributed by atoms with Crippen LogP contribution in [0.3, 0.4) is 0 Å². The van der Waals surface area contributed by atoms with Gasteiger partial charge in [-0.15, -0.1) is 5.10 Å². The summed E-state index contributed by atoms with van der Waals surface area (Å²) < 4.78 is 1.50. The predicted octanol–water partition coefficient (Wildman–Crippen LogP) is 1.97. The van der Waals surface area contributed by atoms with Crippen LogP contribution in [-0.4, -0.2) is 20.3 Å². The van der Waals surface area contributed by atoms with Gasteiger partial charge in [0.25, 0.3) is 5.56 Å². The lowest BCUT2D eigenvalue weighted by Gasteiger charge is -2.11. The second-order valence-corrected chi connectivity index (χ2v) is 5.26. The van der Waals surface area contributed by atoms with Crippen LogP contribution in [0, 0.1) is 5.41 Å². The zero-order valence-corrected chi connectivity index (χ0v) is 10.9. The molecule has 1 aromatic heterocycles. The zero-order valence-electron chi connectivity index (χ0n) is 9.27. The van der Waals surface area contributed by atoms with Crippen molar-refractivity contribution in [3.05, 3.63) is 34.6 Å². The number of rotatable bonds is 3. The third kappa shape index (κ3) is 1.88. The van der Waals surface area contributed by atoms with Crippen molar-refractivity contribution in [1.29, 1.82) is 0 Å². The maximum absolute atomic E-state index is 12.2. The molecular formula is C12H12BrN3O. The fourth-order valence-electron chi connectivity index (χ4n) is 1.96. The molecule has 2 aromatic rings. The Morgan fingerprint density at radius 2 is 2.12 bits per heavy atom. The van der Waals surface area contributed by atoms with E-state index in [1.54, 1.807) is 6.07 Å². The molecule has 0 N–H and O–H groups in total. The van der Waals surface area contributed by atoms with Gasteiger partial charge in [-0.1, -0.05) is 33.3 Å². The van der Waals surface area contributed by atoms with E-state index in [0.717, 1.165) is 18.2 Å². The van der Waals surface area contributed by atoms with Gasteiger partial charge in [0.2, 0.25) is 0 Å². The molecule has 5 heteroatoms. The number of hydrogen-bond donors (Lipinski definition) is 0. The van der Waals surface area contributed by atoms with Crippen molar-refractivity contribution >= 4 is 26.8 Å². The number of benzene rings is 1. The molecule has 1 saturated carbocycles. The molecule has 0 unspecified atom stereocenters. The van der Waals surface area contributed by atoms with Crippen LogP contribution in [0.2, 0.25) is 0 Å². The molecule has 0 saturated heterocycles. The summed E-state index contributed by atoms with van der Waals surface area (Å²) in [7, 11) is 0. The normalized spacial score (nSPS) is 17.2. The first kappa shape index (κ1) is 10.9. The third-order valence-electron chi connectivity index (χ3n) is 3.36. The summed E-state index contributed by atoms with van der Waals surface area (Å²) in [6, 6.07) is 7.33. The Bertz CT molecular complexity index is 618. The smallest absolute Gasteiger partial charge is 0.267 e. The molecule has 1 aliphatic rings. The molecule has 4 nitrogen and oxygen atoms in total. The Morgan fingerprint density at radius 3 is 2.82 bits per heavy atom. The first-order chi connectivity index (χ1) is 8.24. The Morgan fingerprint density at radius 1 is 1.35 bits per heavy atom. The second kappa shape index (κ2) is 3.91. The molecule has 0 spiro atoms. The van der Waals surface area contributed by atoms with Crippen LogP contribution in [0.15, 0.2) is 29.1 Å². The van der Waals surface area contributed by atoms with E-state index in [4.69, 9.17) is 0 Å². The molecule has 1 fully saturated rings. The highest BCUT2D eigenvalue weighted by molar-refractivity contribution is 9.09. The molecule has 88 valence electrons. The van der Waals surface area contributed by atoms with Crippen molar-refractivity contribution in [3.63, 3.8) is 0 Å². The van der Waals surface area contributed by atoms with E-state index in [2.05, 4.69) is 26.2 Å². The summed E-state index contributed by atoms with van der Waals surface area (Å²) in [5.41, 5.74) is 0.848. The van der Waals surface area contributed by atoms with Gasteiger partial charge in [0.05, 0.1) is 11.9 Å². The zero-order chi connectivity index (χ0) is 11.9. The van der Waals surface area contributed by atoms with Crippen LogP contribution in [0.4, 0.5) is 0 Å². The number of nitrogens with zero attached hydrogens (tertiary/aromatic N) is 3. The average molecular weight is 294 g/mol. The van der Waals surface area contributed by atoms with E-state index < -0.39 is 0 Å². The lowest BCUT2D eigenvalue weighted by Crippen LogP contribution is -2.28. The highest BCUT2D eigenvalue weighted by Crippen LogP contribution is 2.48. The summed E-state index contributed by atoms with van der Waals surface area (Å²) in [5.74, 6) is 0. The Labute approximate surface area is 107 Å². The van der Waals surface area contributed by atoms with Gasteiger partial charge in [-0.25, -0.2) is 4.68 Å². The largest absolute Gasteiger partial charge is 0.277 e. The SMILES string of the molecule is O=c1c2ccccc2nnn1CC1(CBr)CC1. The minimum atomic E-state index is -0.0391. The number of fused-ring (bicyclic) bond motifs is 1. The summed E-state index contributed by atoms with van der Waals surface area (Å²) in [6.45, 7) is 0.662. The molecule has 0 amide bonds. The van der Waals surface area contributed by atoms with Crippen molar-refractivity contribution in [1.82, 2.24) is 15.0 Å². The average Bonchev–Trinajstić information content (AvgIpc) is 3.14. The maximum Gasteiger partial charge on any atom is 0.277 e. The van der Waals surface area contributed by atoms with Gasteiger partial charge in [-0.05, 0) is 30.4 Å². The Balaban J connectivity index is 2.06. The summed E-state index contributed by atoms with van der Waals surface area (Å²) in [5, 5.41) is 9.66. The van der Waals surface area contributed by atoms with Gasteiger partial charge < -0.3 is 0 Å². The molecule has 1 aliphatic carbocycles. The second-order valence-electron chi connectivity index (χ2n) is 4.70. The van der Waals surface area contributed by atoms with Crippen LogP contribution in [0.25, 0.3) is 10.9 Å². The van der Waals surface area contributed by atoms with E-state index in [-0.39, 0.29) is 11.0 Å². The monoisotopic (exact) mass is 293 g/mol. The Kier molecular flexibility index (Phi) is 2.50. The van der Waals surface area contributed by atoms with Crippen molar-refractivity contribution < 1.29 is 0 Å². The maximum atomic E-state index is 12.2. The minimum Gasteiger partial charge on any atom is -0.267 e. The minimum absolute atomic E-state index is 0.0391. The standard InChI is InChI=1S/C12H12BrN3O/c13-7-12(5-6-12)8-16-11(17)9-3-1-2-4-10(9)14-15-16/h1-4H,5-8H2. The molecule has 0 atom stereocenters. The van der Waals surface area contributed by atoms with E-state index in [1.807, 2.05) is 18.2 Å². The van der Waals surface area contributed by atoms with Crippen molar-refractivity contribution in [3.8, 4) is 0 Å². The molecule has 0 aliphatic heterocycles. The van der Waals surface area contributed by atoms with Gasteiger partial charge in [0, 0.05) is 5.33 Å². The van der Waals surface area contributed by atoms with Gasteiger partial charge in [0.15, 0.2) is 0 Å². The summed E-state index contributed by atoms with van der Waals surface area (Å²) >= 11 is 3.50. The van der Waals surface area contributed by atoms with Gasteiger partial charge in [-0.2, -0.15) is 0 Å². The molecule has 1 aromatic carbocycles. The number of aromatic nitrogens is 3. The van der Waals surface area contributed by atoms with Crippen molar-refractivity contribution in [2.24, 2.45) is 5.41 Å². The fraction of sp³-hybridized carbons (Fsp3) is 0.417. The van der Waals surface area contributed by atoms with Crippen LogP contribution < -0.4 is 5.56 Å². The molecule has 0 bridgehead atoms. The van der Waals surface area contributed by atoms with Crippen LogP contribution >= 0.6 is 15.9 Å². The van der Waals surface area contributed by atoms with Crippen LogP contribution in [-0.2, 0) is 6.54 Å². The highest BCUT2D eigenvalue weighted by atomic mass is 79.9. The molecule has 0 radical (unpaired) electrons. The first-order valence-electron chi connectivity index (χ1n) is 5.63. The summed E-state index contributed by atoms with van der Waals surface area (Å²) in [4.78, 5) is 12.2. The quantitative estimate of drug-likeness (QED) is 0.813. The van der Waals surface area contributed by atoms with Crippen molar-refractivity contribution in [2.45, 2.75) is 19.4 Å². The van der Waals surface area contributed by atoms with Gasteiger partial charge in [0.1, 0.15) is 5.52 Å². The number of alkyl halides is 1. The third-order valence-corrected chi connectivity index (χ3v) is 4.54.